The van der Waals surface area contributed by atoms with Crippen molar-refractivity contribution < 1.29 is 4.21 Å². The molecule has 1 aromatic heterocycles. The molecule has 2 aliphatic rings. The summed E-state index contributed by atoms with van der Waals surface area (Å²) in [7, 11) is -0.616. The molecular weight excluding hydrogens is 266 g/mol. The molecule has 1 aromatic carbocycles. The number of pyridine rings is 1. The molecule has 20 heavy (non-hydrogen) atoms. The summed E-state index contributed by atoms with van der Waals surface area (Å²) in [6.45, 7) is 0. The van der Waals surface area contributed by atoms with E-state index in [1.807, 2.05) is 12.3 Å². The molecule has 0 amide bonds. The minimum absolute atomic E-state index is 0.312. The van der Waals surface area contributed by atoms with E-state index < -0.39 is 10.8 Å². The molecule has 102 valence electrons. The number of hydrogen-bond donors (Lipinski definition) is 0. The second-order valence-electron chi connectivity index (χ2n) is 5.76. The predicted octanol–water partition coefficient (Wildman–Crippen LogP) is 3.39. The fraction of sp³-hybridized carbons (Fsp3) is 0.353. The van der Waals surface area contributed by atoms with Crippen LogP contribution < -0.4 is 0 Å². The van der Waals surface area contributed by atoms with E-state index in [-0.39, 0.29) is 0 Å². The molecular formula is C17H17NOS. The number of rotatable bonds is 2. The Balaban J connectivity index is 1.69. The lowest BCUT2D eigenvalue weighted by Gasteiger charge is -2.19. The van der Waals surface area contributed by atoms with E-state index >= 15 is 0 Å². The quantitative estimate of drug-likeness (QED) is 0.791. The topological polar surface area (TPSA) is 30.0 Å². The van der Waals surface area contributed by atoms with Crippen molar-refractivity contribution in [3.8, 4) is 0 Å². The first kappa shape index (κ1) is 12.3. The van der Waals surface area contributed by atoms with Gasteiger partial charge in [0.05, 0.1) is 10.8 Å². The standard InChI is InChI=1S/C17H17NOS/c19-20-15-6-7-16(20)11-12(10-15)9-14-4-1-3-13-5-2-8-18-17(13)14/h1-5,8,10,15-16H,6-7,9,11H2. The molecule has 2 nitrogen and oxygen atoms in total. The lowest BCUT2D eigenvalue weighted by atomic mass is 9.98. The molecule has 0 spiro atoms. The van der Waals surface area contributed by atoms with Crippen LogP contribution in [0, 0.1) is 0 Å². The molecule has 4 rings (SSSR count). The maximum atomic E-state index is 12.1. The van der Waals surface area contributed by atoms with Gasteiger partial charge in [0, 0.05) is 27.6 Å². The van der Waals surface area contributed by atoms with Crippen molar-refractivity contribution in [3.63, 3.8) is 0 Å². The van der Waals surface area contributed by atoms with Crippen molar-refractivity contribution in [1.29, 1.82) is 0 Å². The number of aromatic nitrogens is 1. The molecule has 3 heterocycles. The third kappa shape index (κ3) is 2.01. The van der Waals surface area contributed by atoms with Gasteiger partial charge in [-0.3, -0.25) is 9.19 Å². The smallest absolute Gasteiger partial charge is 0.0737 e. The third-order valence-electron chi connectivity index (χ3n) is 4.45. The summed E-state index contributed by atoms with van der Waals surface area (Å²) >= 11 is 0. The summed E-state index contributed by atoms with van der Waals surface area (Å²) in [5.74, 6) is 0. The van der Waals surface area contributed by atoms with Crippen LogP contribution in [0.15, 0.2) is 48.2 Å². The van der Waals surface area contributed by atoms with Gasteiger partial charge >= 0.3 is 0 Å². The Morgan fingerprint density at radius 3 is 3.00 bits per heavy atom. The molecule has 1 fully saturated rings. The Morgan fingerprint density at radius 1 is 1.20 bits per heavy atom. The highest BCUT2D eigenvalue weighted by Crippen LogP contribution is 2.36. The van der Waals surface area contributed by atoms with Crippen molar-refractivity contribution >= 4 is 21.7 Å². The molecule has 0 radical (unpaired) electrons. The van der Waals surface area contributed by atoms with Crippen LogP contribution in [0.4, 0.5) is 0 Å². The van der Waals surface area contributed by atoms with Gasteiger partial charge in [-0.05, 0) is 37.3 Å². The Morgan fingerprint density at radius 2 is 2.10 bits per heavy atom. The van der Waals surface area contributed by atoms with Crippen molar-refractivity contribution in [3.05, 3.63) is 53.7 Å². The average molecular weight is 283 g/mol. The molecule has 0 N–H and O–H groups in total. The van der Waals surface area contributed by atoms with Gasteiger partial charge in [-0.1, -0.05) is 35.9 Å². The minimum atomic E-state index is -0.616. The number of fused-ring (bicyclic) bond motifs is 3. The van der Waals surface area contributed by atoms with Crippen molar-refractivity contribution in [2.45, 2.75) is 36.2 Å². The van der Waals surface area contributed by atoms with Crippen LogP contribution in [0.1, 0.15) is 24.8 Å². The van der Waals surface area contributed by atoms with Gasteiger partial charge in [0.15, 0.2) is 0 Å². The Labute approximate surface area is 121 Å². The van der Waals surface area contributed by atoms with Crippen LogP contribution in [0.3, 0.4) is 0 Å². The van der Waals surface area contributed by atoms with E-state index in [0.717, 1.165) is 31.2 Å². The molecule has 3 heteroatoms. The lowest BCUT2D eigenvalue weighted by Crippen LogP contribution is -2.21. The number of hydrogen-bond acceptors (Lipinski definition) is 2. The summed E-state index contributed by atoms with van der Waals surface area (Å²) < 4.78 is 12.1. The number of allylic oxidation sites excluding steroid dienone is 1. The first-order valence-electron chi connectivity index (χ1n) is 7.23. The fourth-order valence-corrected chi connectivity index (χ4v) is 5.41. The van der Waals surface area contributed by atoms with E-state index in [1.54, 1.807) is 0 Å². The van der Waals surface area contributed by atoms with Crippen LogP contribution >= 0.6 is 0 Å². The summed E-state index contributed by atoms with van der Waals surface area (Å²) in [4.78, 5) is 4.53. The second-order valence-corrected chi connectivity index (χ2v) is 7.69. The van der Waals surface area contributed by atoms with Crippen molar-refractivity contribution in [2.24, 2.45) is 0 Å². The largest absolute Gasteiger partial charge is 0.259 e. The molecule has 1 saturated heterocycles. The third-order valence-corrected chi connectivity index (χ3v) is 6.47. The van der Waals surface area contributed by atoms with Gasteiger partial charge in [-0.2, -0.15) is 0 Å². The number of nitrogens with zero attached hydrogens (tertiary/aromatic N) is 1. The average Bonchev–Trinajstić information content (AvgIpc) is 2.70. The first-order chi connectivity index (χ1) is 9.81. The Hall–Kier alpha value is -1.48. The molecule has 3 atom stereocenters. The highest BCUT2D eigenvalue weighted by molar-refractivity contribution is 7.86. The highest BCUT2D eigenvalue weighted by atomic mass is 32.2. The van der Waals surface area contributed by atoms with Gasteiger partial charge in [0.2, 0.25) is 0 Å². The monoisotopic (exact) mass is 283 g/mol. The summed E-state index contributed by atoms with van der Waals surface area (Å²) in [5, 5.41) is 1.92. The van der Waals surface area contributed by atoms with Gasteiger partial charge < -0.3 is 0 Å². The second kappa shape index (κ2) is 4.81. The zero-order valence-corrected chi connectivity index (χ0v) is 12.1. The summed E-state index contributed by atoms with van der Waals surface area (Å²) in [6.07, 6.45) is 8.34. The van der Waals surface area contributed by atoms with Crippen LogP contribution in [0.5, 0.6) is 0 Å². The zero-order chi connectivity index (χ0) is 13.5. The first-order valence-corrected chi connectivity index (χ1v) is 8.50. The maximum Gasteiger partial charge on any atom is 0.0737 e. The minimum Gasteiger partial charge on any atom is -0.259 e. The Kier molecular flexibility index (Phi) is 2.95. The van der Waals surface area contributed by atoms with Crippen LogP contribution in [0.25, 0.3) is 10.9 Å². The lowest BCUT2D eigenvalue weighted by molar-refractivity contribution is 0.669. The maximum absolute atomic E-state index is 12.1. The molecule has 3 unspecified atom stereocenters. The normalized spacial score (nSPS) is 28.6. The van der Waals surface area contributed by atoms with Crippen LogP contribution in [-0.2, 0) is 17.2 Å². The van der Waals surface area contributed by atoms with E-state index in [1.165, 1.54) is 16.5 Å². The fourth-order valence-electron chi connectivity index (χ4n) is 3.47. The van der Waals surface area contributed by atoms with Crippen molar-refractivity contribution in [1.82, 2.24) is 4.98 Å². The van der Waals surface area contributed by atoms with E-state index in [9.17, 15) is 4.21 Å². The SMILES string of the molecule is O=S1C2C=C(Cc3cccc4cccnc34)CC1CC2. The van der Waals surface area contributed by atoms with Gasteiger partial charge in [-0.25, -0.2) is 0 Å². The number of benzene rings is 1. The van der Waals surface area contributed by atoms with Gasteiger partial charge in [-0.15, -0.1) is 0 Å². The summed E-state index contributed by atoms with van der Waals surface area (Å²) in [5.41, 5.74) is 3.85. The summed E-state index contributed by atoms with van der Waals surface area (Å²) in [6, 6.07) is 10.5. The molecule has 2 bridgehead atoms. The van der Waals surface area contributed by atoms with Gasteiger partial charge in [0.25, 0.3) is 0 Å². The van der Waals surface area contributed by atoms with E-state index in [0.29, 0.717) is 10.5 Å². The van der Waals surface area contributed by atoms with Crippen LogP contribution in [-0.4, -0.2) is 19.7 Å². The molecule has 0 saturated carbocycles. The van der Waals surface area contributed by atoms with Crippen molar-refractivity contribution in [2.75, 3.05) is 0 Å². The highest BCUT2D eigenvalue weighted by Gasteiger charge is 2.35. The number of para-hydroxylation sites is 1. The Bertz CT molecular complexity index is 717. The molecule has 0 aliphatic carbocycles. The van der Waals surface area contributed by atoms with Crippen LogP contribution in [0.2, 0.25) is 0 Å². The predicted molar refractivity (Wildman–Crippen MR) is 83.1 cm³/mol. The molecule has 2 aliphatic heterocycles. The zero-order valence-electron chi connectivity index (χ0n) is 11.3. The van der Waals surface area contributed by atoms with E-state index in [4.69, 9.17) is 0 Å². The van der Waals surface area contributed by atoms with E-state index in [2.05, 4.69) is 35.3 Å². The van der Waals surface area contributed by atoms with Gasteiger partial charge in [0.1, 0.15) is 0 Å². The molecule has 2 aromatic rings.